The van der Waals surface area contributed by atoms with E-state index >= 15 is 0 Å². The highest BCUT2D eigenvalue weighted by Crippen LogP contribution is 2.39. The van der Waals surface area contributed by atoms with Gasteiger partial charge in [-0.25, -0.2) is 0 Å². The highest BCUT2D eigenvalue weighted by molar-refractivity contribution is 5.77. The van der Waals surface area contributed by atoms with E-state index in [-0.39, 0.29) is 5.91 Å². The summed E-state index contributed by atoms with van der Waals surface area (Å²) in [4.78, 5) is 22.2. The van der Waals surface area contributed by atoms with E-state index in [0.717, 1.165) is 68.8 Å². The molecule has 2 aromatic heterocycles. The van der Waals surface area contributed by atoms with Gasteiger partial charge < -0.3 is 14.3 Å². The summed E-state index contributed by atoms with van der Waals surface area (Å²) in [5, 5.41) is 8.81. The number of piperidine rings is 1. The SMILES string of the molecule is CC(C)N1CCC(CC(=O)N2CCc3c(c(-c4nc(C5CC5)no4)nn3C)C2)CC1. The molecule has 1 saturated carbocycles. The van der Waals surface area contributed by atoms with Gasteiger partial charge in [-0.1, -0.05) is 5.16 Å². The zero-order valence-corrected chi connectivity index (χ0v) is 18.3. The van der Waals surface area contributed by atoms with Crippen LogP contribution in [-0.4, -0.2) is 61.3 Å². The van der Waals surface area contributed by atoms with Crippen LogP contribution in [0.3, 0.4) is 0 Å². The molecule has 8 heteroatoms. The van der Waals surface area contributed by atoms with Crippen molar-refractivity contribution in [2.24, 2.45) is 13.0 Å². The molecular weight excluding hydrogens is 380 g/mol. The topological polar surface area (TPSA) is 80.3 Å². The Morgan fingerprint density at radius 2 is 1.93 bits per heavy atom. The van der Waals surface area contributed by atoms with Crippen molar-refractivity contribution in [3.05, 3.63) is 17.1 Å². The largest absolute Gasteiger partial charge is 0.338 e. The number of carbonyl (C=O) groups excluding carboxylic acids is 1. The molecule has 5 rings (SSSR count). The molecule has 0 N–H and O–H groups in total. The summed E-state index contributed by atoms with van der Waals surface area (Å²) in [6, 6.07) is 0.594. The predicted molar refractivity (Wildman–Crippen MR) is 112 cm³/mol. The zero-order valence-electron chi connectivity index (χ0n) is 18.3. The normalized spacial score (nSPS) is 20.7. The second kappa shape index (κ2) is 7.80. The Balaban J connectivity index is 1.27. The molecule has 162 valence electrons. The average Bonchev–Trinajstić information content (AvgIpc) is 3.39. The lowest BCUT2D eigenvalue weighted by Crippen LogP contribution is -2.41. The fourth-order valence-corrected chi connectivity index (χ4v) is 4.86. The summed E-state index contributed by atoms with van der Waals surface area (Å²) < 4.78 is 7.44. The lowest BCUT2D eigenvalue weighted by atomic mass is 9.92. The number of fused-ring (bicyclic) bond motifs is 1. The molecule has 2 fully saturated rings. The van der Waals surface area contributed by atoms with Gasteiger partial charge in [-0.15, -0.1) is 0 Å². The number of hydrogen-bond donors (Lipinski definition) is 0. The van der Waals surface area contributed by atoms with E-state index in [0.29, 0.717) is 36.7 Å². The van der Waals surface area contributed by atoms with E-state index in [2.05, 4.69) is 34.0 Å². The van der Waals surface area contributed by atoms with E-state index in [1.165, 1.54) is 5.69 Å². The number of aromatic nitrogens is 4. The van der Waals surface area contributed by atoms with Crippen molar-refractivity contribution in [2.75, 3.05) is 19.6 Å². The van der Waals surface area contributed by atoms with Gasteiger partial charge in [0.2, 0.25) is 5.91 Å². The summed E-state index contributed by atoms with van der Waals surface area (Å²) in [6.07, 6.45) is 5.98. The molecule has 1 aliphatic carbocycles. The van der Waals surface area contributed by atoms with Crippen LogP contribution in [0.25, 0.3) is 11.6 Å². The Morgan fingerprint density at radius 3 is 2.63 bits per heavy atom. The summed E-state index contributed by atoms with van der Waals surface area (Å²) in [7, 11) is 1.96. The smallest absolute Gasteiger partial charge is 0.278 e. The van der Waals surface area contributed by atoms with Crippen LogP contribution in [0.5, 0.6) is 0 Å². The first kappa shape index (κ1) is 19.7. The number of aryl methyl sites for hydroxylation is 1. The molecule has 30 heavy (non-hydrogen) atoms. The fourth-order valence-electron chi connectivity index (χ4n) is 4.86. The Hall–Kier alpha value is -2.22. The van der Waals surface area contributed by atoms with Crippen LogP contribution in [0, 0.1) is 5.92 Å². The summed E-state index contributed by atoms with van der Waals surface area (Å²) in [5.41, 5.74) is 2.98. The number of rotatable bonds is 5. The highest BCUT2D eigenvalue weighted by atomic mass is 16.5. The molecule has 1 saturated heterocycles. The van der Waals surface area contributed by atoms with Crippen molar-refractivity contribution in [3.63, 3.8) is 0 Å². The third-order valence-electron chi connectivity index (χ3n) is 7.02. The third-order valence-corrected chi connectivity index (χ3v) is 7.02. The molecule has 0 unspecified atom stereocenters. The average molecular weight is 413 g/mol. The standard InChI is InChI=1S/C22H32N6O2/c1-14(2)27-9-6-15(7-10-27)12-19(29)28-11-8-18-17(13-28)20(24-26(18)3)22-23-21(25-30-22)16-4-5-16/h14-16H,4-13H2,1-3H3. The maximum atomic E-state index is 13.1. The second-order valence-corrected chi connectivity index (χ2v) is 9.47. The van der Waals surface area contributed by atoms with Crippen molar-refractivity contribution in [3.8, 4) is 11.6 Å². The van der Waals surface area contributed by atoms with Gasteiger partial charge in [-0.3, -0.25) is 9.48 Å². The quantitative estimate of drug-likeness (QED) is 0.751. The Kier molecular flexibility index (Phi) is 5.13. The van der Waals surface area contributed by atoms with Crippen LogP contribution in [-0.2, 0) is 24.8 Å². The Labute approximate surface area is 177 Å². The van der Waals surface area contributed by atoms with Gasteiger partial charge in [0.25, 0.3) is 5.89 Å². The molecule has 0 radical (unpaired) electrons. The number of amides is 1. The molecule has 8 nitrogen and oxygen atoms in total. The lowest BCUT2D eigenvalue weighted by Gasteiger charge is -2.35. The molecule has 2 aliphatic heterocycles. The maximum Gasteiger partial charge on any atom is 0.278 e. The molecule has 0 atom stereocenters. The molecule has 4 heterocycles. The first-order valence-corrected chi connectivity index (χ1v) is 11.4. The van der Waals surface area contributed by atoms with Crippen molar-refractivity contribution in [1.29, 1.82) is 0 Å². The van der Waals surface area contributed by atoms with E-state index in [4.69, 9.17) is 4.52 Å². The molecule has 0 spiro atoms. The van der Waals surface area contributed by atoms with Gasteiger partial charge in [0, 0.05) is 56.2 Å². The molecule has 3 aliphatic rings. The Morgan fingerprint density at radius 1 is 1.17 bits per heavy atom. The second-order valence-electron chi connectivity index (χ2n) is 9.47. The molecule has 1 amide bonds. The minimum atomic E-state index is 0.266. The zero-order chi connectivity index (χ0) is 20.8. The van der Waals surface area contributed by atoms with Crippen LogP contribution in [0.4, 0.5) is 0 Å². The first-order valence-electron chi connectivity index (χ1n) is 11.4. The lowest BCUT2D eigenvalue weighted by molar-refractivity contribution is -0.133. The fraction of sp³-hybridized carbons (Fsp3) is 0.727. The number of nitrogens with zero attached hydrogens (tertiary/aromatic N) is 6. The van der Waals surface area contributed by atoms with Crippen LogP contribution in [0.1, 0.15) is 69.0 Å². The van der Waals surface area contributed by atoms with Crippen molar-refractivity contribution < 1.29 is 9.32 Å². The van der Waals surface area contributed by atoms with Crippen LogP contribution < -0.4 is 0 Å². The van der Waals surface area contributed by atoms with Gasteiger partial charge in [-0.05, 0) is 58.5 Å². The number of likely N-dealkylation sites (tertiary alicyclic amines) is 1. The number of hydrogen-bond acceptors (Lipinski definition) is 6. The summed E-state index contributed by atoms with van der Waals surface area (Å²) in [6.45, 7) is 8.05. The molecule has 0 aromatic carbocycles. The molecule has 0 bridgehead atoms. The van der Waals surface area contributed by atoms with E-state index in [1.807, 2.05) is 16.6 Å². The van der Waals surface area contributed by atoms with Gasteiger partial charge in [0.05, 0.1) is 0 Å². The minimum absolute atomic E-state index is 0.266. The summed E-state index contributed by atoms with van der Waals surface area (Å²) >= 11 is 0. The van der Waals surface area contributed by atoms with Crippen LogP contribution in [0.15, 0.2) is 4.52 Å². The maximum absolute atomic E-state index is 13.1. The van der Waals surface area contributed by atoms with Crippen LogP contribution in [0.2, 0.25) is 0 Å². The number of carbonyl (C=O) groups is 1. The van der Waals surface area contributed by atoms with E-state index in [1.54, 1.807) is 0 Å². The van der Waals surface area contributed by atoms with Crippen molar-refractivity contribution in [1.82, 2.24) is 29.7 Å². The molecule has 2 aromatic rings. The molecular formula is C22H32N6O2. The highest BCUT2D eigenvalue weighted by Gasteiger charge is 2.33. The predicted octanol–water partition coefficient (Wildman–Crippen LogP) is 2.74. The van der Waals surface area contributed by atoms with Crippen LogP contribution >= 0.6 is 0 Å². The van der Waals surface area contributed by atoms with E-state index in [9.17, 15) is 4.79 Å². The van der Waals surface area contributed by atoms with Crippen molar-refractivity contribution >= 4 is 5.91 Å². The van der Waals surface area contributed by atoms with Gasteiger partial charge in [0.1, 0.15) is 0 Å². The van der Waals surface area contributed by atoms with E-state index < -0.39 is 0 Å². The minimum Gasteiger partial charge on any atom is -0.338 e. The summed E-state index contributed by atoms with van der Waals surface area (Å²) in [5.74, 6) is 2.49. The van der Waals surface area contributed by atoms with Gasteiger partial charge >= 0.3 is 0 Å². The monoisotopic (exact) mass is 412 g/mol. The van der Waals surface area contributed by atoms with Gasteiger partial charge in [-0.2, -0.15) is 10.1 Å². The first-order chi connectivity index (χ1) is 14.5. The van der Waals surface area contributed by atoms with Gasteiger partial charge in [0.15, 0.2) is 11.5 Å². The van der Waals surface area contributed by atoms with Crippen molar-refractivity contribution in [2.45, 2.75) is 70.9 Å². The third kappa shape index (κ3) is 3.77. The Bertz CT molecular complexity index is 920.